The molecule has 0 aromatic heterocycles. The number of nitrogens with one attached hydrogen (secondary N) is 2. The third kappa shape index (κ3) is 4.32. The lowest BCUT2D eigenvalue weighted by Crippen LogP contribution is -2.56. The number of carbonyl (C=O) groups is 2. The Balaban J connectivity index is 1.65. The fraction of sp³-hybridized carbons (Fsp3) is 0.500. The summed E-state index contributed by atoms with van der Waals surface area (Å²) in [7, 11) is 1.59. The molecule has 8 heteroatoms. The second-order valence-electron chi connectivity index (χ2n) is 6.36. The van der Waals surface area contributed by atoms with Crippen LogP contribution >= 0.6 is 0 Å². The molecule has 1 fully saturated rings. The summed E-state index contributed by atoms with van der Waals surface area (Å²) in [4.78, 5) is 33.5. The molecule has 0 saturated carbocycles. The van der Waals surface area contributed by atoms with Crippen molar-refractivity contribution in [2.75, 3.05) is 45.2 Å². The van der Waals surface area contributed by atoms with Gasteiger partial charge in [-0.25, -0.2) is 4.99 Å². The Morgan fingerprint density at radius 3 is 2.58 bits per heavy atom. The Kier molecular flexibility index (Phi) is 5.72. The van der Waals surface area contributed by atoms with E-state index >= 15 is 0 Å². The number of methoxy groups -OCH3 is 1. The smallest absolute Gasteiger partial charge is 0.249 e. The first-order chi connectivity index (χ1) is 12.6. The van der Waals surface area contributed by atoms with Crippen LogP contribution < -0.4 is 15.4 Å². The third-order valence-electron chi connectivity index (χ3n) is 4.69. The Morgan fingerprint density at radius 2 is 1.96 bits per heavy atom. The fourth-order valence-electron chi connectivity index (χ4n) is 3.06. The second-order valence-corrected chi connectivity index (χ2v) is 6.36. The highest BCUT2D eigenvalue weighted by atomic mass is 16.5. The number of guanidine groups is 1. The van der Waals surface area contributed by atoms with E-state index in [1.165, 1.54) is 0 Å². The van der Waals surface area contributed by atoms with Gasteiger partial charge in [-0.1, -0.05) is 6.92 Å². The number of amides is 2. The van der Waals surface area contributed by atoms with Gasteiger partial charge < -0.3 is 19.9 Å². The largest absolute Gasteiger partial charge is 0.497 e. The molecule has 2 aliphatic rings. The maximum atomic E-state index is 12.5. The summed E-state index contributed by atoms with van der Waals surface area (Å²) in [5.74, 6) is 0.760. The van der Waals surface area contributed by atoms with Crippen LogP contribution in [-0.2, 0) is 9.59 Å². The average Bonchev–Trinajstić information content (AvgIpc) is 2.68. The van der Waals surface area contributed by atoms with E-state index in [1.54, 1.807) is 31.4 Å². The minimum absolute atomic E-state index is 0.0560. The van der Waals surface area contributed by atoms with Crippen LogP contribution in [0.1, 0.15) is 13.3 Å². The van der Waals surface area contributed by atoms with Gasteiger partial charge in [0.25, 0.3) is 0 Å². The summed E-state index contributed by atoms with van der Waals surface area (Å²) in [5, 5.41) is 5.62. The molecule has 0 bridgehead atoms. The number of rotatable bonds is 4. The topological polar surface area (TPSA) is 86.3 Å². The maximum absolute atomic E-state index is 12.5. The number of carbonyl (C=O) groups excluding carboxylic acids is 2. The normalized spacial score (nSPS) is 21.0. The Labute approximate surface area is 153 Å². The molecular formula is C18H25N5O3. The SMILES string of the molecule is CCN1CCN(C2=N[C@@H](C(=O)Nc3ccc(OC)cc3)CC(=O)N2)CC1. The first kappa shape index (κ1) is 18.2. The van der Waals surface area contributed by atoms with Gasteiger partial charge in [-0.05, 0) is 30.8 Å². The van der Waals surface area contributed by atoms with Crippen LogP contribution in [0.5, 0.6) is 5.75 Å². The maximum Gasteiger partial charge on any atom is 0.249 e. The van der Waals surface area contributed by atoms with Crippen LogP contribution in [0.2, 0.25) is 0 Å². The lowest BCUT2D eigenvalue weighted by atomic mass is 10.1. The second kappa shape index (κ2) is 8.18. The molecule has 0 unspecified atom stereocenters. The van der Waals surface area contributed by atoms with E-state index in [-0.39, 0.29) is 18.2 Å². The monoisotopic (exact) mass is 359 g/mol. The van der Waals surface area contributed by atoms with Crippen LogP contribution in [-0.4, -0.2) is 73.4 Å². The van der Waals surface area contributed by atoms with Gasteiger partial charge in [-0.2, -0.15) is 0 Å². The van der Waals surface area contributed by atoms with Crippen molar-refractivity contribution in [1.29, 1.82) is 0 Å². The molecule has 0 spiro atoms. The van der Waals surface area contributed by atoms with Gasteiger partial charge in [0.15, 0.2) is 0 Å². The number of likely N-dealkylation sites (N-methyl/N-ethyl adjacent to an activating group) is 1. The Morgan fingerprint density at radius 1 is 1.27 bits per heavy atom. The quantitative estimate of drug-likeness (QED) is 0.818. The summed E-state index contributed by atoms with van der Waals surface area (Å²) in [6.07, 6.45) is 0.0560. The fourth-order valence-corrected chi connectivity index (χ4v) is 3.06. The predicted molar refractivity (Wildman–Crippen MR) is 99.3 cm³/mol. The van der Waals surface area contributed by atoms with Gasteiger partial charge in [0, 0.05) is 31.9 Å². The highest BCUT2D eigenvalue weighted by Crippen LogP contribution is 2.17. The third-order valence-corrected chi connectivity index (χ3v) is 4.69. The Hall–Kier alpha value is -2.61. The van der Waals surface area contributed by atoms with E-state index in [4.69, 9.17) is 4.74 Å². The zero-order valence-electron chi connectivity index (χ0n) is 15.2. The number of aliphatic imine (C=N–C) groups is 1. The highest BCUT2D eigenvalue weighted by molar-refractivity contribution is 6.05. The van der Waals surface area contributed by atoms with Gasteiger partial charge in [0.1, 0.15) is 11.8 Å². The van der Waals surface area contributed by atoms with Crippen LogP contribution in [0.4, 0.5) is 5.69 Å². The first-order valence-corrected chi connectivity index (χ1v) is 8.89. The summed E-state index contributed by atoms with van der Waals surface area (Å²) >= 11 is 0. The van der Waals surface area contributed by atoms with Crippen molar-refractivity contribution in [2.45, 2.75) is 19.4 Å². The van der Waals surface area contributed by atoms with E-state index in [0.29, 0.717) is 17.4 Å². The molecular weight excluding hydrogens is 334 g/mol. The molecule has 2 aliphatic heterocycles. The van der Waals surface area contributed by atoms with Crippen molar-refractivity contribution in [3.8, 4) is 5.75 Å². The van der Waals surface area contributed by atoms with Crippen molar-refractivity contribution in [3.05, 3.63) is 24.3 Å². The van der Waals surface area contributed by atoms with E-state index in [0.717, 1.165) is 32.7 Å². The van der Waals surface area contributed by atoms with E-state index in [2.05, 4.69) is 27.4 Å². The van der Waals surface area contributed by atoms with Gasteiger partial charge >= 0.3 is 0 Å². The van der Waals surface area contributed by atoms with Crippen molar-refractivity contribution in [2.24, 2.45) is 4.99 Å². The zero-order valence-corrected chi connectivity index (χ0v) is 15.2. The van der Waals surface area contributed by atoms with Gasteiger partial charge in [0.2, 0.25) is 17.8 Å². The predicted octanol–water partition coefficient (Wildman–Crippen LogP) is 0.516. The van der Waals surface area contributed by atoms with Crippen molar-refractivity contribution >= 4 is 23.5 Å². The number of hydrogen-bond acceptors (Lipinski definition) is 6. The van der Waals surface area contributed by atoms with Gasteiger partial charge in [-0.15, -0.1) is 0 Å². The molecule has 2 amide bonds. The molecule has 3 rings (SSSR count). The standard InChI is InChI=1S/C18H25N5O3/c1-3-22-8-10-23(11-9-22)18-20-15(12-16(24)21-18)17(25)19-13-4-6-14(26-2)7-5-13/h4-7,15H,3,8-12H2,1-2H3,(H,19,25)(H,20,21,24)/t15-/m1/s1. The van der Waals surface area contributed by atoms with Crippen molar-refractivity contribution in [1.82, 2.24) is 15.1 Å². The highest BCUT2D eigenvalue weighted by Gasteiger charge is 2.30. The molecule has 1 atom stereocenters. The summed E-state index contributed by atoms with van der Waals surface area (Å²) in [6, 6.07) is 6.34. The number of nitrogens with zero attached hydrogens (tertiary/aromatic N) is 3. The van der Waals surface area contributed by atoms with Crippen molar-refractivity contribution in [3.63, 3.8) is 0 Å². The molecule has 26 heavy (non-hydrogen) atoms. The van der Waals surface area contributed by atoms with Crippen LogP contribution in [0, 0.1) is 0 Å². The molecule has 2 N–H and O–H groups in total. The summed E-state index contributed by atoms with van der Waals surface area (Å²) in [6.45, 7) is 6.58. The zero-order chi connectivity index (χ0) is 18.5. The van der Waals surface area contributed by atoms with Gasteiger partial charge in [-0.3, -0.25) is 14.9 Å². The minimum Gasteiger partial charge on any atom is -0.497 e. The molecule has 0 aliphatic carbocycles. The molecule has 0 radical (unpaired) electrons. The molecule has 2 heterocycles. The number of piperazine rings is 1. The van der Waals surface area contributed by atoms with Crippen LogP contribution in [0.3, 0.4) is 0 Å². The van der Waals surface area contributed by atoms with Crippen molar-refractivity contribution < 1.29 is 14.3 Å². The molecule has 1 aromatic rings. The molecule has 140 valence electrons. The number of anilines is 1. The minimum atomic E-state index is -0.718. The summed E-state index contributed by atoms with van der Waals surface area (Å²) in [5.41, 5.74) is 0.648. The van der Waals surface area contributed by atoms with E-state index in [1.807, 2.05) is 4.90 Å². The number of ether oxygens (including phenoxy) is 1. The Bertz CT molecular complexity index is 681. The number of benzene rings is 1. The van der Waals surface area contributed by atoms with Crippen LogP contribution in [0.15, 0.2) is 29.3 Å². The molecule has 1 saturated heterocycles. The van der Waals surface area contributed by atoms with Crippen LogP contribution in [0.25, 0.3) is 0 Å². The lowest BCUT2D eigenvalue weighted by Gasteiger charge is -2.37. The molecule has 1 aromatic carbocycles. The lowest BCUT2D eigenvalue weighted by molar-refractivity contribution is -0.125. The van der Waals surface area contributed by atoms with E-state index < -0.39 is 6.04 Å². The first-order valence-electron chi connectivity index (χ1n) is 8.89. The molecule has 8 nitrogen and oxygen atoms in total. The van der Waals surface area contributed by atoms with E-state index in [9.17, 15) is 9.59 Å². The number of hydrogen-bond donors (Lipinski definition) is 2. The average molecular weight is 359 g/mol. The van der Waals surface area contributed by atoms with Gasteiger partial charge in [0.05, 0.1) is 13.5 Å². The summed E-state index contributed by atoms with van der Waals surface area (Å²) < 4.78 is 5.10.